The van der Waals surface area contributed by atoms with Gasteiger partial charge in [0.05, 0.1) is 12.7 Å². The molecule has 7 heteroatoms. The van der Waals surface area contributed by atoms with Crippen LogP contribution in [-0.4, -0.2) is 18.4 Å². The molecule has 0 aliphatic heterocycles. The van der Waals surface area contributed by atoms with Crippen molar-refractivity contribution in [2.45, 2.75) is 6.18 Å². The van der Waals surface area contributed by atoms with Gasteiger partial charge in [0.25, 0.3) is 0 Å². The van der Waals surface area contributed by atoms with Gasteiger partial charge in [0.15, 0.2) is 12.0 Å². The summed E-state index contributed by atoms with van der Waals surface area (Å²) < 4.78 is 42.2. The minimum absolute atomic E-state index is 0.141. The monoisotopic (exact) mass is 287 g/mol. The average Bonchev–Trinajstić information content (AvgIpc) is 2.81. The summed E-state index contributed by atoms with van der Waals surface area (Å²) in [6.07, 6.45) is -3.82. The number of aromatic nitrogens is 1. The first-order valence-corrected chi connectivity index (χ1v) is 5.95. The van der Waals surface area contributed by atoms with Crippen LogP contribution in [0.25, 0.3) is 10.6 Å². The molecule has 0 aliphatic rings. The Bertz CT molecular complexity index is 590. The van der Waals surface area contributed by atoms with E-state index in [-0.39, 0.29) is 5.69 Å². The summed E-state index contributed by atoms with van der Waals surface area (Å²) in [6, 6.07) is 4.58. The van der Waals surface area contributed by atoms with Crippen molar-refractivity contribution in [3.63, 3.8) is 0 Å². The molecule has 0 fully saturated rings. The first kappa shape index (κ1) is 13.5. The molecular formula is C12H8F3NO2S. The van der Waals surface area contributed by atoms with Gasteiger partial charge in [-0.2, -0.15) is 13.2 Å². The van der Waals surface area contributed by atoms with Crippen molar-refractivity contribution < 1.29 is 22.7 Å². The number of hydrogen-bond acceptors (Lipinski definition) is 4. The van der Waals surface area contributed by atoms with Crippen molar-refractivity contribution in [2.75, 3.05) is 7.11 Å². The smallest absolute Gasteiger partial charge is 0.416 e. The van der Waals surface area contributed by atoms with Gasteiger partial charge in [-0.25, -0.2) is 4.98 Å². The number of rotatable bonds is 3. The zero-order valence-electron chi connectivity index (χ0n) is 9.69. The van der Waals surface area contributed by atoms with Gasteiger partial charge in [0.2, 0.25) is 5.06 Å². The Hall–Kier alpha value is -1.89. The van der Waals surface area contributed by atoms with E-state index in [2.05, 4.69) is 4.98 Å². The molecule has 0 atom stereocenters. The third kappa shape index (κ3) is 2.76. The fourth-order valence-corrected chi connectivity index (χ4v) is 2.32. The molecular weight excluding hydrogens is 279 g/mol. The predicted molar refractivity (Wildman–Crippen MR) is 64.5 cm³/mol. The lowest BCUT2D eigenvalue weighted by Gasteiger charge is -2.06. The number of alkyl halides is 3. The summed E-state index contributed by atoms with van der Waals surface area (Å²) in [5.74, 6) is 0. The van der Waals surface area contributed by atoms with Gasteiger partial charge in [0, 0.05) is 5.56 Å². The summed E-state index contributed by atoms with van der Waals surface area (Å²) >= 11 is 1.10. The van der Waals surface area contributed by atoms with Crippen LogP contribution in [0.4, 0.5) is 13.2 Å². The molecule has 0 unspecified atom stereocenters. The van der Waals surface area contributed by atoms with Crippen molar-refractivity contribution >= 4 is 17.6 Å². The van der Waals surface area contributed by atoms with E-state index in [1.807, 2.05) is 0 Å². The molecule has 3 nitrogen and oxygen atoms in total. The van der Waals surface area contributed by atoms with Crippen LogP contribution in [0.3, 0.4) is 0 Å². The Kier molecular flexibility index (Phi) is 3.57. The molecule has 0 spiro atoms. The molecule has 0 N–H and O–H groups in total. The number of thiazole rings is 1. The van der Waals surface area contributed by atoms with Crippen molar-refractivity contribution in [3.8, 4) is 15.6 Å². The minimum atomic E-state index is -4.37. The van der Waals surface area contributed by atoms with E-state index in [4.69, 9.17) is 4.74 Å². The van der Waals surface area contributed by atoms with Crippen molar-refractivity contribution in [2.24, 2.45) is 0 Å². The molecule has 0 amide bonds. The van der Waals surface area contributed by atoms with Crippen LogP contribution in [0.2, 0.25) is 0 Å². The molecule has 0 aliphatic carbocycles. The van der Waals surface area contributed by atoms with Gasteiger partial charge in [0.1, 0.15) is 5.01 Å². The second-order valence-electron chi connectivity index (χ2n) is 3.59. The molecule has 1 aromatic heterocycles. The number of nitrogens with zero attached hydrogens (tertiary/aromatic N) is 1. The third-order valence-electron chi connectivity index (χ3n) is 2.38. The van der Waals surface area contributed by atoms with E-state index in [0.29, 0.717) is 21.9 Å². The molecule has 2 aromatic rings. The predicted octanol–water partition coefficient (Wildman–Crippen LogP) is 3.65. The molecule has 0 bridgehead atoms. The van der Waals surface area contributed by atoms with E-state index in [1.54, 1.807) is 0 Å². The Balaban J connectivity index is 2.37. The van der Waals surface area contributed by atoms with E-state index < -0.39 is 11.7 Å². The standard InChI is InChI=1S/C12H8F3NO2S/c1-18-11-9(6-17)16-10(19-11)7-2-4-8(5-3-7)12(13,14)15/h2-6H,1H3. The molecule has 2 rings (SSSR count). The van der Waals surface area contributed by atoms with Gasteiger partial charge < -0.3 is 4.74 Å². The lowest BCUT2D eigenvalue weighted by atomic mass is 10.1. The van der Waals surface area contributed by atoms with Gasteiger partial charge >= 0.3 is 6.18 Å². The summed E-state index contributed by atoms with van der Waals surface area (Å²) in [4.78, 5) is 14.7. The molecule has 0 saturated carbocycles. The fourth-order valence-electron chi connectivity index (χ4n) is 1.46. The maximum atomic E-state index is 12.4. The van der Waals surface area contributed by atoms with Crippen LogP contribution in [0.5, 0.6) is 5.06 Å². The molecule has 0 saturated heterocycles. The van der Waals surface area contributed by atoms with Crippen LogP contribution in [0.1, 0.15) is 16.1 Å². The summed E-state index contributed by atoms with van der Waals surface area (Å²) in [5, 5.41) is 0.776. The number of halogens is 3. The number of methoxy groups -OCH3 is 1. The summed E-state index contributed by atoms with van der Waals surface area (Å²) in [6.45, 7) is 0. The SMILES string of the molecule is COc1sc(-c2ccc(C(F)(F)F)cc2)nc1C=O. The van der Waals surface area contributed by atoms with Gasteiger partial charge in [-0.05, 0) is 12.1 Å². The molecule has 1 aromatic carbocycles. The molecule has 19 heavy (non-hydrogen) atoms. The van der Waals surface area contributed by atoms with Crippen LogP contribution >= 0.6 is 11.3 Å². The zero-order chi connectivity index (χ0) is 14.0. The quantitative estimate of drug-likeness (QED) is 0.809. The van der Waals surface area contributed by atoms with Crippen LogP contribution < -0.4 is 4.74 Å². The Morgan fingerprint density at radius 3 is 2.32 bits per heavy atom. The minimum Gasteiger partial charge on any atom is -0.486 e. The second-order valence-corrected chi connectivity index (χ2v) is 4.55. The zero-order valence-corrected chi connectivity index (χ0v) is 10.5. The summed E-state index contributed by atoms with van der Waals surface area (Å²) in [7, 11) is 1.40. The van der Waals surface area contributed by atoms with Crippen molar-refractivity contribution in [3.05, 3.63) is 35.5 Å². The molecule has 100 valence electrons. The largest absolute Gasteiger partial charge is 0.486 e. The summed E-state index contributed by atoms with van der Waals surface area (Å²) in [5.41, 5.74) is -0.0813. The Morgan fingerprint density at radius 2 is 1.89 bits per heavy atom. The second kappa shape index (κ2) is 5.00. The van der Waals surface area contributed by atoms with Gasteiger partial charge in [-0.1, -0.05) is 23.5 Å². The lowest BCUT2D eigenvalue weighted by molar-refractivity contribution is -0.137. The Labute approximate surface area is 110 Å². The third-order valence-corrected chi connectivity index (χ3v) is 3.46. The number of aldehydes is 1. The molecule has 0 radical (unpaired) electrons. The number of ether oxygens (including phenoxy) is 1. The maximum absolute atomic E-state index is 12.4. The lowest BCUT2D eigenvalue weighted by Crippen LogP contribution is -2.03. The highest BCUT2D eigenvalue weighted by Gasteiger charge is 2.30. The van der Waals surface area contributed by atoms with E-state index >= 15 is 0 Å². The van der Waals surface area contributed by atoms with Crippen molar-refractivity contribution in [1.29, 1.82) is 0 Å². The van der Waals surface area contributed by atoms with E-state index in [1.165, 1.54) is 19.2 Å². The number of benzene rings is 1. The normalized spacial score (nSPS) is 11.4. The van der Waals surface area contributed by atoms with Gasteiger partial charge in [-0.15, -0.1) is 0 Å². The topological polar surface area (TPSA) is 39.2 Å². The molecule has 1 heterocycles. The van der Waals surface area contributed by atoms with Crippen molar-refractivity contribution in [1.82, 2.24) is 4.98 Å². The van der Waals surface area contributed by atoms with E-state index in [0.717, 1.165) is 23.5 Å². The number of carbonyl (C=O) groups excluding carboxylic acids is 1. The van der Waals surface area contributed by atoms with Crippen LogP contribution in [0.15, 0.2) is 24.3 Å². The highest BCUT2D eigenvalue weighted by atomic mass is 32.1. The average molecular weight is 287 g/mol. The highest BCUT2D eigenvalue weighted by Crippen LogP contribution is 2.35. The Morgan fingerprint density at radius 1 is 1.26 bits per heavy atom. The van der Waals surface area contributed by atoms with Gasteiger partial charge in [-0.3, -0.25) is 4.79 Å². The van der Waals surface area contributed by atoms with E-state index in [9.17, 15) is 18.0 Å². The van der Waals surface area contributed by atoms with Crippen LogP contribution in [0, 0.1) is 0 Å². The number of carbonyl (C=O) groups is 1. The first-order valence-electron chi connectivity index (χ1n) is 5.13. The maximum Gasteiger partial charge on any atom is 0.416 e. The van der Waals surface area contributed by atoms with Crippen LogP contribution in [-0.2, 0) is 6.18 Å². The first-order chi connectivity index (χ1) is 8.95. The number of hydrogen-bond donors (Lipinski definition) is 0. The fraction of sp³-hybridized carbons (Fsp3) is 0.167. The highest BCUT2D eigenvalue weighted by molar-refractivity contribution is 7.17.